The van der Waals surface area contributed by atoms with E-state index in [2.05, 4.69) is 15.4 Å². The van der Waals surface area contributed by atoms with Crippen LogP contribution in [0.3, 0.4) is 0 Å². The van der Waals surface area contributed by atoms with Gasteiger partial charge >= 0.3 is 5.97 Å². The molecule has 1 atom stereocenters. The van der Waals surface area contributed by atoms with Crippen molar-refractivity contribution in [2.24, 2.45) is 13.0 Å². The summed E-state index contributed by atoms with van der Waals surface area (Å²) in [7, 11) is 1.77. The van der Waals surface area contributed by atoms with Gasteiger partial charge in [0, 0.05) is 18.2 Å². The smallest absolute Gasteiger partial charge is 0.326 e. The van der Waals surface area contributed by atoms with Gasteiger partial charge in [0.15, 0.2) is 5.82 Å². The van der Waals surface area contributed by atoms with Crippen molar-refractivity contribution < 1.29 is 14.7 Å². The van der Waals surface area contributed by atoms with Gasteiger partial charge in [-0.25, -0.2) is 9.78 Å². The second-order valence-electron chi connectivity index (χ2n) is 5.35. The lowest BCUT2D eigenvalue weighted by atomic mass is 10.0. The van der Waals surface area contributed by atoms with E-state index < -0.39 is 17.9 Å². The van der Waals surface area contributed by atoms with Crippen LogP contribution < -0.4 is 5.32 Å². The summed E-state index contributed by atoms with van der Waals surface area (Å²) in [6.07, 6.45) is 1.59. The predicted octanol–water partition coefficient (Wildman–Crippen LogP) is 1.32. The van der Waals surface area contributed by atoms with Crippen LogP contribution in [0.5, 0.6) is 0 Å². The molecule has 0 saturated carbocycles. The molecule has 2 N–H and O–H groups in total. The van der Waals surface area contributed by atoms with Crippen molar-refractivity contribution in [2.45, 2.75) is 19.9 Å². The van der Waals surface area contributed by atoms with Crippen molar-refractivity contribution in [1.29, 1.82) is 0 Å². The maximum absolute atomic E-state index is 12.1. The van der Waals surface area contributed by atoms with Gasteiger partial charge in [-0.3, -0.25) is 9.48 Å². The van der Waals surface area contributed by atoms with Crippen LogP contribution in [0.4, 0.5) is 0 Å². The molecule has 0 aliphatic heterocycles. The third-order valence-corrected chi connectivity index (χ3v) is 3.22. The number of carboxylic acids is 1. The Balaban J connectivity index is 2.13. The third kappa shape index (κ3) is 3.49. The molecule has 0 unspecified atom stereocenters. The third-order valence-electron chi connectivity index (χ3n) is 3.22. The van der Waals surface area contributed by atoms with Crippen LogP contribution in [0.2, 0.25) is 0 Å². The molecule has 0 fully saturated rings. The molecule has 0 radical (unpaired) electrons. The van der Waals surface area contributed by atoms with E-state index in [9.17, 15) is 9.59 Å². The summed E-state index contributed by atoms with van der Waals surface area (Å²) in [6.45, 7) is 3.49. The highest BCUT2D eigenvalue weighted by atomic mass is 16.4. The highest BCUT2D eigenvalue weighted by Gasteiger charge is 2.23. The summed E-state index contributed by atoms with van der Waals surface area (Å²) in [6, 6.07) is 5.80. The van der Waals surface area contributed by atoms with E-state index in [-0.39, 0.29) is 5.92 Å². The van der Waals surface area contributed by atoms with Gasteiger partial charge in [0.25, 0.3) is 5.91 Å². The Morgan fingerprint density at radius 2 is 1.86 bits per heavy atom. The average molecular weight is 302 g/mol. The molecule has 0 saturated heterocycles. The number of carbonyl (C=O) groups is 2. The SMILES string of the molecule is CC(C)[C@H](NC(=O)c1ccc(-c2ncn(C)n2)cc1)C(=O)O. The lowest BCUT2D eigenvalue weighted by molar-refractivity contribution is -0.140. The van der Waals surface area contributed by atoms with Crippen molar-refractivity contribution in [2.75, 3.05) is 0 Å². The summed E-state index contributed by atoms with van der Waals surface area (Å²) in [5.41, 5.74) is 1.18. The maximum atomic E-state index is 12.1. The van der Waals surface area contributed by atoms with E-state index in [0.717, 1.165) is 5.56 Å². The number of nitrogens with one attached hydrogen (secondary N) is 1. The molecule has 1 amide bonds. The number of nitrogens with zero attached hydrogens (tertiary/aromatic N) is 3. The van der Waals surface area contributed by atoms with Gasteiger partial charge in [-0.2, -0.15) is 5.10 Å². The zero-order valence-corrected chi connectivity index (χ0v) is 12.6. The van der Waals surface area contributed by atoms with E-state index in [1.165, 1.54) is 0 Å². The zero-order chi connectivity index (χ0) is 16.3. The number of aromatic nitrogens is 3. The first kappa shape index (κ1) is 15.7. The second kappa shape index (κ2) is 6.38. The van der Waals surface area contributed by atoms with Crippen molar-refractivity contribution in [3.63, 3.8) is 0 Å². The van der Waals surface area contributed by atoms with Crippen LogP contribution in [0.15, 0.2) is 30.6 Å². The predicted molar refractivity (Wildman–Crippen MR) is 80.2 cm³/mol. The first-order valence-electron chi connectivity index (χ1n) is 6.88. The number of rotatable bonds is 5. The van der Waals surface area contributed by atoms with Crippen molar-refractivity contribution in [3.05, 3.63) is 36.2 Å². The first-order chi connectivity index (χ1) is 10.4. The van der Waals surface area contributed by atoms with Gasteiger partial charge in [-0.1, -0.05) is 26.0 Å². The summed E-state index contributed by atoms with van der Waals surface area (Å²) in [4.78, 5) is 27.4. The van der Waals surface area contributed by atoms with E-state index >= 15 is 0 Å². The Morgan fingerprint density at radius 1 is 1.23 bits per heavy atom. The molecule has 1 aromatic heterocycles. The van der Waals surface area contributed by atoms with Gasteiger partial charge in [0.05, 0.1) is 0 Å². The minimum Gasteiger partial charge on any atom is -0.480 e. The molecule has 7 nitrogen and oxygen atoms in total. The molecule has 1 heterocycles. The maximum Gasteiger partial charge on any atom is 0.326 e. The molecule has 2 aromatic rings. The van der Waals surface area contributed by atoms with Crippen LogP contribution >= 0.6 is 0 Å². The fourth-order valence-electron chi connectivity index (χ4n) is 1.98. The zero-order valence-electron chi connectivity index (χ0n) is 12.6. The van der Waals surface area contributed by atoms with Gasteiger partial charge in [0.1, 0.15) is 12.4 Å². The van der Waals surface area contributed by atoms with Crippen molar-refractivity contribution in [3.8, 4) is 11.4 Å². The number of benzene rings is 1. The lowest BCUT2D eigenvalue weighted by Gasteiger charge is -2.17. The summed E-state index contributed by atoms with van der Waals surface area (Å²) >= 11 is 0. The van der Waals surface area contributed by atoms with E-state index in [1.807, 2.05) is 0 Å². The van der Waals surface area contributed by atoms with Gasteiger partial charge in [0.2, 0.25) is 0 Å². The van der Waals surface area contributed by atoms with Crippen LogP contribution in [0.25, 0.3) is 11.4 Å². The summed E-state index contributed by atoms with van der Waals surface area (Å²) in [5.74, 6) is -1.09. The number of aliphatic carboxylic acids is 1. The number of carbonyl (C=O) groups excluding carboxylic acids is 1. The molecule has 2 rings (SSSR count). The van der Waals surface area contributed by atoms with Crippen LogP contribution in [0, 0.1) is 5.92 Å². The molecule has 0 bridgehead atoms. The van der Waals surface area contributed by atoms with Crippen molar-refractivity contribution >= 4 is 11.9 Å². The number of amides is 1. The van der Waals surface area contributed by atoms with Crippen LogP contribution in [-0.2, 0) is 11.8 Å². The second-order valence-corrected chi connectivity index (χ2v) is 5.35. The number of hydrogen-bond donors (Lipinski definition) is 2. The first-order valence-corrected chi connectivity index (χ1v) is 6.88. The molecule has 0 spiro atoms. The molecule has 116 valence electrons. The van der Waals surface area contributed by atoms with E-state index in [0.29, 0.717) is 11.4 Å². The van der Waals surface area contributed by atoms with Gasteiger partial charge in [-0.15, -0.1) is 0 Å². The Kier molecular flexibility index (Phi) is 4.55. The topological polar surface area (TPSA) is 97.1 Å². The largest absolute Gasteiger partial charge is 0.480 e. The molecular weight excluding hydrogens is 284 g/mol. The average Bonchev–Trinajstić information content (AvgIpc) is 2.90. The van der Waals surface area contributed by atoms with Crippen molar-refractivity contribution in [1.82, 2.24) is 20.1 Å². The number of carboxylic acid groups (broad SMARTS) is 1. The Labute approximate surface area is 128 Å². The highest BCUT2D eigenvalue weighted by Crippen LogP contribution is 2.15. The normalized spacial score (nSPS) is 12.2. The Hall–Kier alpha value is -2.70. The minimum atomic E-state index is -1.04. The lowest BCUT2D eigenvalue weighted by Crippen LogP contribution is -2.44. The Morgan fingerprint density at radius 3 is 2.32 bits per heavy atom. The quantitative estimate of drug-likeness (QED) is 0.868. The fraction of sp³-hybridized carbons (Fsp3) is 0.333. The van der Waals surface area contributed by atoms with Gasteiger partial charge in [-0.05, 0) is 18.1 Å². The molecule has 0 aliphatic rings. The Bertz CT molecular complexity index is 676. The van der Waals surface area contributed by atoms with E-state index in [4.69, 9.17) is 5.11 Å². The fourth-order valence-corrected chi connectivity index (χ4v) is 1.98. The van der Waals surface area contributed by atoms with Gasteiger partial charge < -0.3 is 10.4 Å². The molecule has 1 aromatic carbocycles. The molecule has 22 heavy (non-hydrogen) atoms. The number of hydrogen-bond acceptors (Lipinski definition) is 4. The van der Waals surface area contributed by atoms with Crippen LogP contribution in [-0.4, -0.2) is 37.8 Å². The molecule has 7 heteroatoms. The highest BCUT2D eigenvalue weighted by molar-refractivity contribution is 5.96. The summed E-state index contributed by atoms with van der Waals surface area (Å²) < 4.78 is 1.59. The van der Waals surface area contributed by atoms with Crippen LogP contribution in [0.1, 0.15) is 24.2 Å². The minimum absolute atomic E-state index is 0.196. The standard InChI is InChI=1S/C15H18N4O3/c1-9(2)12(15(21)22)17-14(20)11-6-4-10(5-7-11)13-16-8-19(3)18-13/h4-9,12H,1-3H3,(H,17,20)(H,21,22)/t12-/m0/s1. The molecular formula is C15H18N4O3. The number of aryl methyl sites for hydroxylation is 1. The van der Waals surface area contributed by atoms with E-state index in [1.54, 1.807) is 56.2 Å². The molecule has 0 aliphatic carbocycles. The monoisotopic (exact) mass is 302 g/mol. The summed E-state index contributed by atoms with van der Waals surface area (Å²) in [5, 5.41) is 15.8.